The van der Waals surface area contributed by atoms with Crippen molar-refractivity contribution in [3.05, 3.63) is 18.0 Å². The molecule has 4 nitrogen and oxygen atoms in total. The minimum atomic E-state index is -0.585. The monoisotopic (exact) mass is 277 g/mol. The molecule has 0 radical (unpaired) electrons. The van der Waals surface area contributed by atoms with E-state index in [1.54, 1.807) is 0 Å². The van der Waals surface area contributed by atoms with Crippen molar-refractivity contribution in [1.29, 1.82) is 0 Å². The van der Waals surface area contributed by atoms with E-state index in [0.29, 0.717) is 12.5 Å². The summed E-state index contributed by atoms with van der Waals surface area (Å²) in [6.45, 7) is 1.86. The molecule has 112 valence electrons. The van der Waals surface area contributed by atoms with E-state index in [1.807, 2.05) is 0 Å². The van der Waals surface area contributed by atoms with E-state index in [-0.39, 0.29) is 0 Å². The first-order chi connectivity index (χ1) is 9.65. The zero-order chi connectivity index (χ0) is 14.0. The first-order valence-corrected chi connectivity index (χ1v) is 8.10. The van der Waals surface area contributed by atoms with Gasteiger partial charge in [-0.2, -0.15) is 5.10 Å². The molecule has 20 heavy (non-hydrogen) atoms. The summed E-state index contributed by atoms with van der Waals surface area (Å²) >= 11 is 0. The maximum atomic E-state index is 10.7. The Labute approximate surface area is 121 Å². The minimum Gasteiger partial charge on any atom is -0.388 e. The molecule has 1 aromatic heterocycles. The van der Waals surface area contributed by atoms with Crippen molar-refractivity contribution in [2.75, 3.05) is 20.1 Å². The Balaban J connectivity index is 1.64. The van der Waals surface area contributed by atoms with Gasteiger partial charge in [0.1, 0.15) is 0 Å². The highest BCUT2D eigenvalue weighted by atomic mass is 16.3. The number of hydrogen-bond acceptors (Lipinski definition) is 3. The van der Waals surface area contributed by atoms with Gasteiger partial charge in [0.25, 0.3) is 0 Å². The molecule has 4 heteroatoms. The summed E-state index contributed by atoms with van der Waals surface area (Å²) in [6, 6.07) is 2.68. The molecule has 1 saturated carbocycles. The van der Waals surface area contributed by atoms with Gasteiger partial charge in [0.05, 0.1) is 17.3 Å². The largest absolute Gasteiger partial charge is 0.388 e. The van der Waals surface area contributed by atoms with Crippen LogP contribution in [0.25, 0.3) is 0 Å². The van der Waals surface area contributed by atoms with E-state index in [4.69, 9.17) is 5.10 Å². The second-order valence-corrected chi connectivity index (χ2v) is 6.82. The zero-order valence-corrected chi connectivity index (χ0v) is 12.6. The van der Waals surface area contributed by atoms with Gasteiger partial charge >= 0.3 is 0 Å². The van der Waals surface area contributed by atoms with E-state index in [0.717, 1.165) is 31.6 Å². The van der Waals surface area contributed by atoms with Crippen LogP contribution in [0.1, 0.15) is 56.7 Å². The topological polar surface area (TPSA) is 41.3 Å². The SMILES string of the molecule is CN1CCCC(O)(Cc2ccn(C3CCCCC3)n2)C1. The summed E-state index contributed by atoms with van der Waals surface area (Å²) in [5.41, 5.74) is 0.465. The predicted octanol–water partition coefficient (Wildman–Crippen LogP) is 2.39. The lowest BCUT2D eigenvalue weighted by Crippen LogP contribution is -2.47. The predicted molar refractivity (Wildman–Crippen MR) is 79.7 cm³/mol. The normalized spacial score (nSPS) is 29.7. The average Bonchev–Trinajstić information content (AvgIpc) is 2.87. The Hall–Kier alpha value is -0.870. The van der Waals surface area contributed by atoms with Gasteiger partial charge in [-0.3, -0.25) is 4.68 Å². The van der Waals surface area contributed by atoms with E-state index >= 15 is 0 Å². The van der Waals surface area contributed by atoms with E-state index in [9.17, 15) is 5.11 Å². The molecule has 1 N–H and O–H groups in total. The number of aromatic nitrogens is 2. The highest BCUT2D eigenvalue weighted by Crippen LogP contribution is 2.28. The highest BCUT2D eigenvalue weighted by Gasteiger charge is 2.32. The molecule has 1 aliphatic carbocycles. The quantitative estimate of drug-likeness (QED) is 0.922. The third-order valence-corrected chi connectivity index (χ3v) is 4.87. The van der Waals surface area contributed by atoms with Gasteiger partial charge in [-0.15, -0.1) is 0 Å². The Kier molecular flexibility index (Phi) is 4.13. The molecule has 0 amide bonds. The highest BCUT2D eigenvalue weighted by molar-refractivity contribution is 5.06. The first-order valence-electron chi connectivity index (χ1n) is 8.10. The second-order valence-electron chi connectivity index (χ2n) is 6.82. The van der Waals surface area contributed by atoms with Gasteiger partial charge < -0.3 is 10.0 Å². The van der Waals surface area contributed by atoms with Crippen LogP contribution in [0.15, 0.2) is 12.3 Å². The Morgan fingerprint density at radius 1 is 1.30 bits per heavy atom. The van der Waals surface area contributed by atoms with Gasteiger partial charge in [0, 0.05) is 19.2 Å². The van der Waals surface area contributed by atoms with Crippen LogP contribution in [0.2, 0.25) is 0 Å². The third-order valence-electron chi connectivity index (χ3n) is 4.87. The van der Waals surface area contributed by atoms with Gasteiger partial charge in [0.15, 0.2) is 0 Å². The fourth-order valence-corrected chi connectivity index (χ4v) is 3.84. The molecule has 0 aromatic carbocycles. The van der Waals surface area contributed by atoms with Gasteiger partial charge in [0.2, 0.25) is 0 Å². The van der Waals surface area contributed by atoms with Crippen molar-refractivity contribution in [2.24, 2.45) is 0 Å². The maximum absolute atomic E-state index is 10.7. The molecule has 1 aliphatic heterocycles. The molecule has 1 unspecified atom stereocenters. The van der Waals surface area contributed by atoms with Crippen LogP contribution in [0.5, 0.6) is 0 Å². The summed E-state index contributed by atoms with van der Waals surface area (Å²) in [7, 11) is 2.09. The summed E-state index contributed by atoms with van der Waals surface area (Å²) in [5.74, 6) is 0. The van der Waals surface area contributed by atoms with E-state index in [1.165, 1.54) is 32.1 Å². The van der Waals surface area contributed by atoms with E-state index < -0.39 is 5.60 Å². The number of hydrogen-bond donors (Lipinski definition) is 1. The van der Waals surface area contributed by atoms with Crippen LogP contribution in [0.4, 0.5) is 0 Å². The van der Waals surface area contributed by atoms with Gasteiger partial charge in [-0.05, 0) is 45.3 Å². The number of likely N-dealkylation sites (N-methyl/N-ethyl adjacent to an activating group) is 1. The number of aliphatic hydroxyl groups is 1. The molecular weight excluding hydrogens is 250 g/mol. The number of β-amino-alcohol motifs (C(OH)–C–C–N with tert-alkyl or cyclic N) is 1. The van der Waals surface area contributed by atoms with Crippen molar-refractivity contribution in [2.45, 2.75) is 63.0 Å². The number of nitrogens with zero attached hydrogens (tertiary/aromatic N) is 3. The summed E-state index contributed by atoms with van der Waals surface area (Å²) < 4.78 is 2.14. The van der Waals surface area contributed by atoms with Gasteiger partial charge in [-0.25, -0.2) is 0 Å². The van der Waals surface area contributed by atoms with Crippen LogP contribution in [0, 0.1) is 0 Å². The molecule has 1 aromatic rings. The first kappa shape index (κ1) is 14.1. The summed E-state index contributed by atoms with van der Waals surface area (Å²) in [4.78, 5) is 2.22. The van der Waals surface area contributed by atoms with Gasteiger partial charge in [-0.1, -0.05) is 19.3 Å². The Morgan fingerprint density at radius 3 is 2.85 bits per heavy atom. The van der Waals surface area contributed by atoms with Crippen LogP contribution < -0.4 is 0 Å². The van der Waals surface area contributed by atoms with Crippen LogP contribution in [0.3, 0.4) is 0 Å². The lowest BCUT2D eigenvalue weighted by molar-refractivity contribution is -0.0232. The second kappa shape index (κ2) is 5.86. The molecule has 0 spiro atoms. The maximum Gasteiger partial charge on any atom is 0.0830 e. The standard InChI is InChI=1S/C16H27N3O/c1-18-10-5-9-16(20,13-18)12-14-8-11-19(17-14)15-6-3-2-4-7-15/h8,11,15,20H,2-7,9-10,12-13H2,1H3. The summed E-state index contributed by atoms with van der Waals surface area (Å²) in [5, 5.41) is 15.5. The smallest absolute Gasteiger partial charge is 0.0830 e. The molecule has 3 rings (SSSR count). The zero-order valence-electron chi connectivity index (χ0n) is 12.6. The Morgan fingerprint density at radius 2 is 2.10 bits per heavy atom. The molecule has 2 heterocycles. The molecule has 1 saturated heterocycles. The van der Waals surface area contributed by atoms with Crippen LogP contribution in [-0.4, -0.2) is 45.5 Å². The Bertz CT molecular complexity index is 439. The number of piperidine rings is 1. The summed E-state index contributed by atoms with van der Waals surface area (Å²) in [6.07, 6.45) is 11.3. The van der Waals surface area contributed by atoms with Crippen molar-refractivity contribution in [1.82, 2.24) is 14.7 Å². The average molecular weight is 277 g/mol. The molecule has 0 bridgehead atoms. The minimum absolute atomic E-state index is 0.584. The lowest BCUT2D eigenvalue weighted by Gasteiger charge is -2.37. The third kappa shape index (κ3) is 3.23. The van der Waals surface area contributed by atoms with E-state index in [2.05, 4.69) is 28.9 Å². The van der Waals surface area contributed by atoms with Crippen molar-refractivity contribution in [3.63, 3.8) is 0 Å². The van der Waals surface area contributed by atoms with Crippen molar-refractivity contribution >= 4 is 0 Å². The lowest BCUT2D eigenvalue weighted by atomic mass is 9.89. The number of rotatable bonds is 3. The number of likely N-dealkylation sites (tertiary alicyclic amines) is 1. The fraction of sp³-hybridized carbons (Fsp3) is 0.812. The van der Waals surface area contributed by atoms with Crippen molar-refractivity contribution < 1.29 is 5.11 Å². The fourth-order valence-electron chi connectivity index (χ4n) is 3.84. The molecule has 1 atom stereocenters. The van der Waals surface area contributed by atoms with Crippen molar-refractivity contribution in [3.8, 4) is 0 Å². The molecule has 2 fully saturated rings. The van der Waals surface area contributed by atoms with Crippen LogP contribution in [-0.2, 0) is 6.42 Å². The molecular formula is C16H27N3O. The van der Waals surface area contributed by atoms with Crippen LogP contribution >= 0.6 is 0 Å². The molecule has 2 aliphatic rings.